The summed E-state index contributed by atoms with van der Waals surface area (Å²) < 4.78 is 0. The Labute approximate surface area is 97.6 Å². The van der Waals surface area contributed by atoms with Gasteiger partial charge in [0.1, 0.15) is 5.60 Å². The number of rotatable bonds is 2. The molecule has 1 spiro atoms. The fraction of sp³-hybridized carbons (Fsp3) is 0.333. The van der Waals surface area contributed by atoms with Crippen LogP contribution < -0.4 is 5.06 Å². The number of carbonyl (C=O) groups excluding carboxylic acids is 1. The number of hydrogen-bond donors (Lipinski definition) is 1. The minimum atomic E-state index is -0.983. The van der Waals surface area contributed by atoms with Crippen molar-refractivity contribution in [3.05, 3.63) is 29.8 Å². The largest absolute Gasteiger partial charge is 0.478 e. The Kier molecular flexibility index (Phi) is 2.00. The van der Waals surface area contributed by atoms with Gasteiger partial charge in [-0.15, -0.1) is 0 Å². The summed E-state index contributed by atoms with van der Waals surface area (Å²) >= 11 is 0. The molecule has 1 aromatic carbocycles. The Bertz CT molecular complexity index is 490. The van der Waals surface area contributed by atoms with Crippen molar-refractivity contribution in [2.24, 2.45) is 0 Å². The van der Waals surface area contributed by atoms with Crippen LogP contribution in [0.3, 0.4) is 0 Å². The topological polar surface area (TPSA) is 66.8 Å². The van der Waals surface area contributed by atoms with Crippen molar-refractivity contribution in [2.45, 2.75) is 24.9 Å². The Balaban J connectivity index is 1.84. The normalized spacial score (nSPS) is 20.9. The van der Waals surface area contributed by atoms with Crippen LogP contribution in [0, 0.1) is 0 Å². The van der Waals surface area contributed by atoms with Crippen molar-refractivity contribution in [1.29, 1.82) is 0 Å². The van der Waals surface area contributed by atoms with Gasteiger partial charge in [0.05, 0.1) is 17.7 Å². The van der Waals surface area contributed by atoms with Crippen LogP contribution in [-0.2, 0) is 9.63 Å². The van der Waals surface area contributed by atoms with Gasteiger partial charge in [0.25, 0.3) is 5.91 Å². The van der Waals surface area contributed by atoms with Crippen molar-refractivity contribution in [3.63, 3.8) is 0 Å². The molecule has 3 rings (SSSR count). The van der Waals surface area contributed by atoms with Crippen LogP contribution in [0.4, 0.5) is 5.69 Å². The number of carboxylic acid groups (broad SMARTS) is 1. The molecule has 1 saturated heterocycles. The smallest absolute Gasteiger partial charge is 0.335 e. The lowest BCUT2D eigenvalue weighted by molar-refractivity contribution is -0.119. The van der Waals surface area contributed by atoms with Crippen LogP contribution in [0.1, 0.15) is 29.6 Å². The van der Waals surface area contributed by atoms with E-state index in [0.29, 0.717) is 12.1 Å². The predicted octanol–water partition coefficient (Wildman–Crippen LogP) is 1.59. The molecule has 2 fully saturated rings. The Morgan fingerprint density at radius 3 is 2.41 bits per heavy atom. The number of carbonyl (C=O) groups is 2. The fourth-order valence-corrected chi connectivity index (χ4v) is 1.97. The minimum Gasteiger partial charge on any atom is -0.478 e. The molecule has 5 nitrogen and oxygen atoms in total. The molecule has 88 valence electrons. The third kappa shape index (κ3) is 1.68. The molecule has 0 radical (unpaired) electrons. The molecule has 17 heavy (non-hydrogen) atoms. The number of hydrogen-bond acceptors (Lipinski definition) is 3. The second-order valence-corrected chi connectivity index (χ2v) is 4.49. The summed E-state index contributed by atoms with van der Waals surface area (Å²) in [7, 11) is 0. The molecule has 5 heteroatoms. The molecular formula is C12H11NO4. The summed E-state index contributed by atoms with van der Waals surface area (Å²) in [5.41, 5.74) is 0.521. The van der Waals surface area contributed by atoms with Crippen LogP contribution in [0.25, 0.3) is 0 Å². The molecule has 1 heterocycles. The fourth-order valence-electron chi connectivity index (χ4n) is 1.97. The Hall–Kier alpha value is -1.88. The second-order valence-electron chi connectivity index (χ2n) is 4.49. The highest BCUT2D eigenvalue weighted by molar-refractivity contribution is 5.95. The van der Waals surface area contributed by atoms with Gasteiger partial charge >= 0.3 is 5.97 Å². The van der Waals surface area contributed by atoms with Gasteiger partial charge < -0.3 is 5.11 Å². The third-order valence-electron chi connectivity index (χ3n) is 3.14. The first kappa shape index (κ1) is 10.3. The van der Waals surface area contributed by atoms with E-state index in [0.717, 1.165) is 12.8 Å². The van der Waals surface area contributed by atoms with Crippen molar-refractivity contribution in [1.82, 2.24) is 0 Å². The van der Waals surface area contributed by atoms with Crippen LogP contribution in [-0.4, -0.2) is 22.6 Å². The lowest BCUT2D eigenvalue weighted by Gasteiger charge is -2.15. The highest BCUT2D eigenvalue weighted by Gasteiger charge is 2.54. The molecule has 0 bridgehead atoms. The van der Waals surface area contributed by atoms with E-state index in [-0.39, 0.29) is 17.1 Å². The highest BCUT2D eigenvalue weighted by Crippen LogP contribution is 2.48. The maximum Gasteiger partial charge on any atom is 0.335 e. The van der Waals surface area contributed by atoms with E-state index in [9.17, 15) is 9.59 Å². The first-order valence-electron chi connectivity index (χ1n) is 5.45. The van der Waals surface area contributed by atoms with Crippen LogP contribution >= 0.6 is 0 Å². The molecule has 1 aromatic rings. The van der Waals surface area contributed by atoms with Gasteiger partial charge in [0.15, 0.2) is 0 Å². The quantitative estimate of drug-likeness (QED) is 0.842. The summed E-state index contributed by atoms with van der Waals surface area (Å²) in [6, 6.07) is 6.10. The van der Waals surface area contributed by atoms with Gasteiger partial charge in [-0.25, -0.2) is 4.79 Å². The van der Waals surface area contributed by atoms with E-state index >= 15 is 0 Å². The zero-order valence-electron chi connectivity index (χ0n) is 9.05. The Morgan fingerprint density at radius 2 is 1.94 bits per heavy atom. The number of carboxylic acids is 1. The summed E-state index contributed by atoms with van der Waals surface area (Å²) in [5.74, 6) is -1.05. The van der Waals surface area contributed by atoms with E-state index in [1.165, 1.54) is 17.2 Å². The SMILES string of the molecule is O=C(O)c1ccc(N2OC3(CC3)CC2=O)cc1. The first-order chi connectivity index (χ1) is 8.10. The standard InChI is InChI=1S/C12H11NO4/c14-10-7-12(5-6-12)17-13(10)9-3-1-8(2-4-9)11(15)16/h1-4H,5-7H2,(H,15,16). The van der Waals surface area contributed by atoms with Crippen LogP contribution in [0.15, 0.2) is 24.3 Å². The van der Waals surface area contributed by atoms with E-state index in [1.807, 2.05) is 0 Å². The number of anilines is 1. The maximum atomic E-state index is 11.7. The molecule has 0 atom stereocenters. The van der Waals surface area contributed by atoms with Gasteiger partial charge in [-0.05, 0) is 37.1 Å². The zero-order chi connectivity index (χ0) is 12.0. The molecule has 0 unspecified atom stereocenters. The van der Waals surface area contributed by atoms with Crippen LogP contribution in [0.2, 0.25) is 0 Å². The second kappa shape index (κ2) is 3.30. The molecule has 1 saturated carbocycles. The van der Waals surface area contributed by atoms with E-state index in [2.05, 4.69) is 0 Å². The molecule has 2 aliphatic rings. The van der Waals surface area contributed by atoms with Gasteiger partial charge in [0.2, 0.25) is 0 Å². The number of aromatic carboxylic acids is 1. The summed E-state index contributed by atoms with van der Waals surface area (Å²) in [5, 5.41) is 10.1. The first-order valence-corrected chi connectivity index (χ1v) is 5.45. The number of hydroxylamine groups is 1. The average Bonchev–Trinajstić information content (AvgIpc) is 2.97. The minimum absolute atomic E-state index is 0.0643. The van der Waals surface area contributed by atoms with Gasteiger partial charge in [-0.3, -0.25) is 9.63 Å². The molecule has 1 N–H and O–H groups in total. The van der Waals surface area contributed by atoms with Crippen LogP contribution in [0.5, 0.6) is 0 Å². The van der Waals surface area contributed by atoms with E-state index in [1.54, 1.807) is 12.1 Å². The molecule has 1 amide bonds. The van der Waals surface area contributed by atoms with Gasteiger partial charge in [0, 0.05) is 0 Å². The van der Waals surface area contributed by atoms with Crippen molar-refractivity contribution in [3.8, 4) is 0 Å². The van der Waals surface area contributed by atoms with E-state index < -0.39 is 5.97 Å². The number of benzene rings is 1. The summed E-state index contributed by atoms with van der Waals surface area (Å²) in [4.78, 5) is 28.0. The maximum absolute atomic E-state index is 11.7. The van der Waals surface area contributed by atoms with E-state index in [4.69, 9.17) is 9.94 Å². The molecule has 1 aliphatic heterocycles. The van der Waals surface area contributed by atoms with Crippen molar-refractivity contribution in [2.75, 3.05) is 5.06 Å². The monoisotopic (exact) mass is 233 g/mol. The van der Waals surface area contributed by atoms with Crippen molar-refractivity contribution < 1.29 is 19.5 Å². The predicted molar refractivity (Wildman–Crippen MR) is 58.6 cm³/mol. The lowest BCUT2D eigenvalue weighted by atomic mass is 10.2. The highest BCUT2D eigenvalue weighted by atomic mass is 16.7. The third-order valence-corrected chi connectivity index (χ3v) is 3.14. The molecule has 1 aliphatic carbocycles. The Morgan fingerprint density at radius 1 is 1.29 bits per heavy atom. The van der Waals surface area contributed by atoms with Gasteiger partial charge in [-0.2, -0.15) is 5.06 Å². The average molecular weight is 233 g/mol. The molecule has 0 aromatic heterocycles. The number of nitrogens with zero attached hydrogens (tertiary/aromatic N) is 1. The summed E-state index contributed by atoms with van der Waals surface area (Å²) in [6.45, 7) is 0. The number of amides is 1. The van der Waals surface area contributed by atoms with Crippen molar-refractivity contribution >= 4 is 17.6 Å². The lowest BCUT2D eigenvalue weighted by Crippen LogP contribution is -2.23. The summed E-state index contributed by atoms with van der Waals surface area (Å²) in [6.07, 6.45) is 2.26. The van der Waals surface area contributed by atoms with Gasteiger partial charge in [-0.1, -0.05) is 0 Å². The molecular weight excluding hydrogens is 222 g/mol. The zero-order valence-corrected chi connectivity index (χ0v) is 9.05.